The predicted octanol–water partition coefficient (Wildman–Crippen LogP) is -0.948. The molecule has 0 aliphatic carbocycles. The lowest BCUT2D eigenvalue weighted by Crippen LogP contribution is -1.66. The van der Waals surface area contributed by atoms with Crippen molar-refractivity contribution >= 4 is 59.5 Å². The normalized spacial score (nSPS) is 8.00. The van der Waals surface area contributed by atoms with Crippen molar-refractivity contribution in [2.75, 3.05) is 0 Å². The largest absolute Gasteiger partial charge is 0.326 e. The average molecular weight is 198 g/mol. The Morgan fingerprint density at radius 1 is 1.00 bits per heavy atom. The van der Waals surface area contributed by atoms with E-state index in [-0.39, 0.29) is 0 Å². The number of halogens is 3. The summed E-state index contributed by atoms with van der Waals surface area (Å²) in [6, 6.07) is 0. The Morgan fingerprint density at radius 2 is 1.00 bits per heavy atom. The summed E-state index contributed by atoms with van der Waals surface area (Å²) < 4.78 is 0. The zero-order chi connectivity index (χ0) is 5.58. The maximum Gasteiger partial charge on any atom is 0.326 e. The fourth-order valence-electron chi connectivity index (χ4n) is 0. The summed E-state index contributed by atoms with van der Waals surface area (Å²) >= 11 is 14.8. The second-order valence-corrected chi connectivity index (χ2v) is 6.68. The van der Waals surface area contributed by atoms with Gasteiger partial charge in [0.15, 0.2) is 0 Å². The molecule has 0 spiro atoms. The van der Waals surface area contributed by atoms with Crippen LogP contribution in [0.15, 0.2) is 0 Å². The SMILES string of the molecule is Cl[SiH](Cl)Cl.[SiH3][SiH3]. The van der Waals surface area contributed by atoms with Gasteiger partial charge in [0.05, 0.1) is 0 Å². The summed E-state index contributed by atoms with van der Waals surface area (Å²) in [5, 5.41) is 0. The minimum Gasteiger partial charge on any atom is -0.130 e. The van der Waals surface area contributed by atoms with E-state index in [0.717, 1.165) is 0 Å². The van der Waals surface area contributed by atoms with E-state index in [0.29, 0.717) is 0 Å². The molecular weight excluding hydrogens is 191 g/mol. The lowest BCUT2D eigenvalue weighted by Gasteiger charge is -1.65. The van der Waals surface area contributed by atoms with Crippen LogP contribution in [-0.4, -0.2) is 26.2 Å². The lowest BCUT2D eigenvalue weighted by atomic mass is 27.1. The molecule has 0 heterocycles. The van der Waals surface area contributed by atoms with E-state index in [1.165, 1.54) is 19.5 Å². The van der Waals surface area contributed by atoms with Crippen molar-refractivity contribution in [2.45, 2.75) is 0 Å². The average Bonchev–Trinajstić information content (AvgIpc) is 1.41. The standard InChI is InChI=1S/Cl3HSi.H6Si2/c1-4(2)3;1-2/h4H;1-2H3. The van der Waals surface area contributed by atoms with E-state index < -0.39 is 6.73 Å². The van der Waals surface area contributed by atoms with Gasteiger partial charge in [0.2, 0.25) is 0 Å². The summed E-state index contributed by atoms with van der Waals surface area (Å²) in [7, 11) is 2.89. The third-order valence-corrected chi connectivity index (χ3v) is 0. The molecule has 0 saturated heterocycles. The molecule has 0 aliphatic heterocycles. The van der Waals surface area contributed by atoms with Gasteiger partial charge in [-0.05, 0) is 19.5 Å². The first-order valence-corrected chi connectivity index (χ1v) is 14.9. The second kappa shape index (κ2) is 9.72. The molecule has 0 aromatic rings. The first-order valence-electron chi connectivity index (χ1n) is 1.65. The molecule has 0 unspecified atom stereocenters. The highest BCUT2D eigenvalue weighted by atomic mass is 35.8. The molecule has 0 radical (unpaired) electrons. The minimum atomic E-state index is -1.72. The third kappa shape index (κ3) is 48.8. The highest BCUT2D eigenvalue weighted by Gasteiger charge is 1.85. The topological polar surface area (TPSA) is 0 Å². The first-order chi connectivity index (χ1) is 2.73. The molecule has 0 amide bonds. The maximum absolute atomic E-state index is 4.94. The van der Waals surface area contributed by atoms with Gasteiger partial charge in [-0.3, -0.25) is 0 Å². The van der Waals surface area contributed by atoms with Crippen LogP contribution < -0.4 is 0 Å². The Labute approximate surface area is 59.5 Å². The predicted molar refractivity (Wildman–Crippen MR) is 44.6 cm³/mol. The van der Waals surface area contributed by atoms with Crippen LogP contribution in [0.2, 0.25) is 0 Å². The summed E-state index contributed by atoms with van der Waals surface area (Å²) in [6.07, 6.45) is 0. The van der Waals surface area contributed by atoms with Crippen molar-refractivity contribution in [1.82, 2.24) is 0 Å². The van der Waals surface area contributed by atoms with E-state index in [2.05, 4.69) is 0 Å². The molecule has 0 aromatic carbocycles. The lowest BCUT2D eigenvalue weighted by molar-refractivity contribution is 4.07. The zero-order valence-corrected chi connectivity index (χ0v) is 11.1. The number of hydrogen-bond donors (Lipinski definition) is 0. The molecule has 0 N–H and O–H groups in total. The molecule has 0 atom stereocenters. The third-order valence-electron chi connectivity index (χ3n) is 0. The van der Waals surface area contributed by atoms with Gasteiger partial charge in [0.1, 0.15) is 0 Å². The summed E-state index contributed by atoms with van der Waals surface area (Å²) in [5.74, 6) is 0. The van der Waals surface area contributed by atoms with Crippen molar-refractivity contribution in [3.8, 4) is 0 Å². The van der Waals surface area contributed by atoms with Crippen molar-refractivity contribution in [3.05, 3.63) is 0 Å². The van der Waals surface area contributed by atoms with Crippen molar-refractivity contribution in [3.63, 3.8) is 0 Å². The molecule has 6 heteroatoms. The van der Waals surface area contributed by atoms with E-state index >= 15 is 0 Å². The highest BCUT2D eigenvalue weighted by Crippen LogP contribution is 1.97. The Hall–Kier alpha value is 1.52. The zero-order valence-electron chi connectivity index (χ0n) is 3.71. The van der Waals surface area contributed by atoms with E-state index in [9.17, 15) is 0 Å². The van der Waals surface area contributed by atoms with Gasteiger partial charge in [0, 0.05) is 0 Å². The van der Waals surface area contributed by atoms with Gasteiger partial charge in [-0.25, -0.2) is 0 Å². The van der Waals surface area contributed by atoms with Crippen molar-refractivity contribution in [2.24, 2.45) is 0 Å². The quantitative estimate of drug-likeness (QED) is 0.347. The molecule has 0 bridgehead atoms. The first kappa shape index (κ1) is 10.5. The van der Waals surface area contributed by atoms with Gasteiger partial charge in [-0.2, -0.15) is 0 Å². The molecule has 0 saturated carbocycles. The Kier molecular flexibility index (Phi) is 17.0. The molecule has 0 fully saturated rings. The second-order valence-electron chi connectivity index (χ2n) is 0.247. The molecule has 0 aromatic heterocycles. The van der Waals surface area contributed by atoms with Gasteiger partial charge in [-0.15, -0.1) is 33.2 Å². The smallest absolute Gasteiger partial charge is 0.130 e. The van der Waals surface area contributed by atoms with E-state index in [1.807, 2.05) is 0 Å². The summed E-state index contributed by atoms with van der Waals surface area (Å²) in [5.41, 5.74) is 0. The van der Waals surface area contributed by atoms with Crippen LogP contribution in [0, 0.1) is 0 Å². The van der Waals surface area contributed by atoms with Crippen LogP contribution in [0.1, 0.15) is 0 Å². The molecule has 6 heavy (non-hydrogen) atoms. The summed E-state index contributed by atoms with van der Waals surface area (Å²) in [4.78, 5) is 0. The van der Waals surface area contributed by atoms with Crippen molar-refractivity contribution < 1.29 is 0 Å². The molecule has 0 rings (SSSR count). The Balaban J connectivity index is 0. The van der Waals surface area contributed by atoms with E-state index in [1.54, 1.807) is 0 Å². The van der Waals surface area contributed by atoms with Crippen LogP contribution in [0.4, 0.5) is 0 Å². The number of rotatable bonds is 0. The molecule has 0 nitrogen and oxygen atoms in total. The van der Waals surface area contributed by atoms with Crippen LogP contribution in [0.3, 0.4) is 0 Å². The van der Waals surface area contributed by atoms with Gasteiger partial charge >= 0.3 is 6.73 Å². The Morgan fingerprint density at radius 3 is 1.00 bits per heavy atom. The van der Waals surface area contributed by atoms with Crippen LogP contribution >= 0.6 is 33.2 Å². The van der Waals surface area contributed by atoms with Crippen molar-refractivity contribution in [1.29, 1.82) is 0 Å². The molecule has 40 valence electrons. The molecular formula is H7Cl3Si3. The highest BCUT2D eigenvalue weighted by molar-refractivity contribution is 7.54. The monoisotopic (exact) mass is 196 g/mol. The van der Waals surface area contributed by atoms with E-state index in [4.69, 9.17) is 33.2 Å². The van der Waals surface area contributed by atoms with Gasteiger partial charge < -0.3 is 0 Å². The fraction of sp³-hybridized carbons (Fsp3) is 0. The fourth-order valence-corrected chi connectivity index (χ4v) is 0. The minimum absolute atomic E-state index is 1.44. The van der Waals surface area contributed by atoms with Gasteiger partial charge in [-0.1, -0.05) is 0 Å². The Bertz CT molecular complexity index is 10.8. The molecule has 0 aliphatic rings. The maximum atomic E-state index is 4.94. The van der Waals surface area contributed by atoms with Crippen LogP contribution in [0.25, 0.3) is 0 Å². The number of hydrogen-bond acceptors (Lipinski definition) is 0. The van der Waals surface area contributed by atoms with Crippen LogP contribution in [-0.2, 0) is 0 Å². The summed E-state index contributed by atoms with van der Waals surface area (Å²) in [6.45, 7) is -1.72. The van der Waals surface area contributed by atoms with Crippen LogP contribution in [0.5, 0.6) is 0 Å². The van der Waals surface area contributed by atoms with Gasteiger partial charge in [0.25, 0.3) is 0 Å².